The smallest absolute Gasteiger partial charge is 0.0469 e. The van der Waals surface area contributed by atoms with Crippen molar-refractivity contribution in [1.82, 2.24) is 0 Å². The molecule has 1 heterocycles. The number of anilines is 1. The molecule has 0 aliphatic carbocycles. The Morgan fingerprint density at radius 3 is 2.67 bits per heavy atom. The van der Waals surface area contributed by atoms with E-state index in [9.17, 15) is 0 Å². The number of ether oxygens (including phenoxy) is 1. The van der Waals surface area contributed by atoms with Gasteiger partial charge in [0.15, 0.2) is 0 Å². The summed E-state index contributed by atoms with van der Waals surface area (Å²) in [6.45, 7) is 2.96. The molecule has 1 aliphatic rings. The van der Waals surface area contributed by atoms with Crippen molar-refractivity contribution in [2.75, 3.05) is 31.7 Å². The Bertz CT molecular complexity index is 391. The summed E-state index contributed by atoms with van der Waals surface area (Å²) >= 11 is 7.12. The minimum Gasteiger partial charge on any atom is -0.381 e. The van der Waals surface area contributed by atoms with E-state index in [1.807, 2.05) is 0 Å². The van der Waals surface area contributed by atoms with Crippen LogP contribution in [0.2, 0.25) is 0 Å². The van der Waals surface area contributed by atoms with Crippen LogP contribution >= 0.6 is 31.9 Å². The van der Waals surface area contributed by atoms with Crippen molar-refractivity contribution < 1.29 is 4.74 Å². The van der Waals surface area contributed by atoms with Gasteiger partial charge < -0.3 is 9.64 Å². The van der Waals surface area contributed by atoms with Gasteiger partial charge in [-0.25, -0.2) is 0 Å². The highest BCUT2D eigenvalue weighted by molar-refractivity contribution is 9.10. The molecule has 1 aromatic carbocycles. The number of rotatable bonds is 4. The summed E-state index contributed by atoms with van der Waals surface area (Å²) in [6, 6.07) is 6.57. The van der Waals surface area contributed by atoms with Gasteiger partial charge in [0, 0.05) is 42.3 Å². The first-order valence-corrected chi connectivity index (χ1v) is 8.25. The van der Waals surface area contributed by atoms with E-state index in [4.69, 9.17) is 4.74 Å². The molecule has 18 heavy (non-hydrogen) atoms. The van der Waals surface area contributed by atoms with Gasteiger partial charge >= 0.3 is 0 Å². The van der Waals surface area contributed by atoms with Crippen molar-refractivity contribution >= 4 is 37.5 Å². The third-order valence-corrected chi connectivity index (χ3v) is 4.84. The summed E-state index contributed by atoms with van der Waals surface area (Å²) < 4.78 is 6.58. The normalized spacial score (nSPS) is 16.8. The number of benzene rings is 1. The average molecular weight is 377 g/mol. The van der Waals surface area contributed by atoms with Gasteiger partial charge in [0.2, 0.25) is 0 Å². The monoisotopic (exact) mass is 375 g/mol. The first-order chi connectivity index (χ1) is 8.70. The van der Waals surface area contributed by atoms with E-state index in [0.29, 0.717) is 0 Å². The van der Waals surface area contributed by atoms with E-state index in [-0.39, 0.29) is 0 Å². The van der Waals surface area contributed by atoms with Crippen LogP contribution < -0.4 is 4.90 Å². The zero-order valence-electron chi connectivity index (χ0n) is 10.7. The average Bonchev–Trinajstić information content (AvgIpc) is 2.39. The molecule has 100 valence electrons. The summed E-state index contributed by atoms with van der Waals surface area (Å²) in [5.41, 5.74) is 2.57. The summed E-state index contributed by atoms with van der Waals surface area (Å²) in [6.07, 6.45) is 2.37. The molecule has 1 aliphatic heterocycles. The van der Waals surface area contributed by atoms with E-state index in [2.05, 4.69) is 62.0 Å². The van der Waals surface area contributed by atoms with Crippen molar-refractivity contribution in [2.45, 2.75) is 18.2 Å². The Morgan fingerprint density at radius 2 is 2.06 bits per heavy atom. The molecule has 0 radical (unpaired) electrons. The summed E-state index contributed by atoms with van der Waals surface area (Å²) in [5, 5.41) is 0.886. The molecule has 0 atom stereocenters. The van der Waals surface area contributed by atoms with Gasteiger partial charge in [-0.2, -0.15) is 0 Å². The number of alkyl halides is 1. The minimum atomic E-state index is 0.762. The Hall–Kier alpha value is -0.0600. The van der Waals surface area contributed by atoms with Crippen molar-refractivity contribution in [3.8, 4) is 0 Å². The van der Waals surface area contributed by atoms with Crippen LogP contribution in [0.1, 0.15) is 18.4 Å². The van der Waals surface area contributed by atoms with Crippen LogP contribution in [0.25, 0.3) is 0 Å². The van der Waals surface area contributed by atoms with E-state index in [1.54, 1.807) is 0 Å². The van der Waals surface area contributed by atoms with Crippen LogP contribution in [0.3, 0.4) is 0 Å². The second-order valence-electron chi connectivity index (χ2n) is 4.85. The molecule has 0 N–H and O–H groups in total. The lowest BCUT2D eigenvalue weighted by molar-refractivity contribution is 0.0685. The molecule has 0 bridgehead atoms. The SMILES string of the molecule is CN(CC1CCOCC1)c1ccc(CBr)c(Br)c1. The summed E-state index contributed by atoms with van der Waals surface area (Å²) in [4.78, 5) is 2.35. The highest BCUT2D eigenvalue weighted by Crippen LogP contribution is 2.26. The highest BCUT2D eigenvalue weighted by Gasteiger charge is 2.16. The van der Waals surface area contributed by atoms with E-state index in [1.165, 1.54) is 28.6 Å². The maximum Gasteiger partial charge on any atom is 0.0469 e. The number of halogens is 2. The fraction of sp³-hybridized carbons (Fsp3) is 0.571. The van der Waals surface area contributed by atoms with Gasteiger partial charge in [0.25, 0.3) is 0 Å². The first-order valence-electron chi connectivity index (χ1n) is 6.34. The summed E-state index contributed by atoms with van der Waals surface area (Å²) in [5.74, 6) is 0.762. The molecule has 2 nitrogen and oxygen atoms in total. The van der Waals surface area contributed by atoms with E-state index >= 15 is 0 Å². The van der Waals surface area contributed by atoms with Crippen molar-refractivity contribution in [3.05, 3.63) is 28.2 Å². The largest absolute Gasteiger partial charge is 0.381 e. The number of nitrogens with zero attached hydrogens (tertiary/aromatic N) is 1. The molecule has 0 unspecified atom stereocenters. The maximum atomic E-state index is 5.41. The molecule has 0 aromatic heterocycles. The van der Waals surface area contributed by atoms with Gasteiger partial charge in [-0.15, -0.1) is 0 Å². The molecule has 4 heteroatoms. The van der Waals surface area contributed by atoms with E-state index in [0.717, 1.165) is 31.0 Å². The quantitative estimate of drug-likeness (QED) is 0.730. The standard InChI is InChI=1S/C14H19Br2NO/c1-17(10-11-4-6-18-7-5-11)13-3-2-12(9-15)14(16)8-13/h2-3,8,11H,4-7,9-10H2,1H3. The maximum absolute atomic E-state index is 5.41. The van der Waals surface area contributed by atoms with Crippen LogP contribution in [-0.2, 0) is 10.1 Å². The topological polar surface area (TPSA) is 12.5 Å². The van der Waals surface area contributed by atoms with Crippen LogP contribution in [-0.4, -0.2) is 26.8 Å². The van der Waals surface area contributed by atoms with Gasteiger partial charge in [-0.05, 0) is 36.5 Å². The minimum absolute atomic E-state index is 0.762. The Morgan fingerprint density at radius 1 is 1.33 bits per heavy atom. The van der Waals surface area contributed by atoms with Gasteiger partial charge in [0.1, 0.15) is 0 Å². The lowest BCUT2D eigenvalue weighted by Crippen LogP contribution is -2.29. The lowest BCUT2D eigenvalue weighted by Gasteiger charge is -2.28. The molecular formula is C14H19Br2NO. The third kappa shape index (κ3) is 3.72. The molecule has 1 aromatic rings. The number of hydrogen-bond acceptors (Lipinski definition) is 2. The van der Waals surface area contributed by atoms with Crippen LogP contribution in [0, 0.1) is 5.92 Å². The molecule has 1 saturated heterocycles. The first kappa shape index (κ1) is 14.4. The van der Waals surface area contributed by atoms with Crippen LogP contribution in [0.5, 0.6) is 0 Å². The Balaban J connectivity index is 1.99. The Kier molecular flexibility index (Phi) is 5.52. The molecule has 0 amide bonds. The molecular weight excluding hydrogens is 358 g/mol. The fourth-order valence-corrected chi connectivity index (χ4v) is 3.68. The zero-order valence-corrected chi connectivity index (χ0v) is 13.8. The Labute approximate surface area is 126 Å². The van der Waals surface area contributed by atoms with Crippen molar-refractivity contribution in [3.63, 3.8) is 0 Å². The lowest BCUT2D eigenvalue weighted by atomic mass is 9.99. The van der Waals surface area contributed by atoms with Gasteiger partial charge in [-0.1, -0.05) is 37.9 Å². The predicted molar refractivity (Wildman–Crippen MR) is 83.6 cm³/mol. The predicted octanol–water partition coefficient (Wildman–Crippen LogP) is 4.21. The van der Waals surface area contributed by atoms with Gasteiger partial charge in [-0.3, -0.25) is 0 Å². The second kappa shape index (κ2) is 6.92. The van der Waals surface area contributed by atoms with Crippen LogP contribution in [0.15, 0.2) is 22.7 Å². The third-order valence-electron chi connectivity index (χ3n) is 3.49. The fourth-order valence-electron chi connectivity index (χ4n) is 2.30. The second-order valence-corrected chi connectivity index (χ2v) is 6.26. The summed E-state index contributed by atoms with van der Waals surface area (Å²) in [7, 11) is 2.17. The molecule has 0 spiro atoms. The van der Waals surface area contributed by atoms with Gasteiger partial charge in [0.05, 0.1) is 0 Å². The van der Waals surface area contributed by atoms with Crippen LogP contribution in [0.4, 0.5) is 5.69 Å². The molecule has 2 rings (SSSR count). The zero-order chi connectivity index (χ0) is 13.0. The number of hydrogen-bond donors (Lipinski definition) is 0. The van der Waals surface area contributed by atoms with Crippen molar-refractivity contribution in [1.29, 1.82) is 0 Å². The van der Waals surface area contributed by atoms with E-state index < -0.39 is 0 Å². The van der Waals surface area contributed by atoms with Crippen molar-refractivity contribution in [2.24, 2.45) is 5.92 Å². The highest BCUT2D eigenvalue weighted by atomic mass is 79.9. The molecule has 0 saturated carbocycles. The molecule has 1 fully saturated rings.